The summed E-state index contributed by atoms with van der Waals surface area (Å²) in [4.78, 5) is 10.5. The van der Waals surface area contributed by atoms with Gasteiger partial charge in [0.05, 0.1) is 5.60 Å². The van der Waals surface area contributed by atoms with Gasteiger partial charge in [-0.25, -0.2) is 0 Å². The average molecular weight is 525 g/mol. The first-order valence-corrected chi connectivity index (χ1v) is 14.6. The molecule has 0 bridgehead atoms. The molecule has 0 aliphatic heterocycles. The van der Waals surface area contributed by atoms with E-state index in [0.29, 0.717) is 13.1 Å². The van der Waals surface area contributed by atoms with E-state index >= 15 is 0 Å². The predicted molar refractivity (Wildman–Crippen MR) is 162 cm³/mol. The zero-order valence-electron chi connectivity index (χ0n) is 24.1. The minimum atomic E-state index is -0.666. The number of hydrogen-bond acceptors (Lipinski definition) is 3. The number of aliphatic hydroxyl groups is 1. The maximum Gasteiger partial charge on any atom is 0.293 e. The third kappa shape index (κ3) is 6.53. The van der Waals surface area contributed by atoms with Crippen LogP contribution in [-0.2, 0) is 21.6 Å². The lowest BCUT2D eigenvalue weighted by molar-refractivity contribution is -0.129. The molecule has 0 unspecified atom stereocenters. The summed E-state index contributed by atoms with van der Waals surface area (Å²) in [5, 5.41) is 11.1. The van der Waals surface area contributed by atoms with Gasteiger partial charge in [0.1, 0.15) is 6.61 Å². The first-order valence-electron chi connectivity index (χ1n) is 14.6. The number of hydrogen-bond donors (Lipinski definition) is 1. The number of aryl methyl sites for hydroxylation is 2. The summed E-state index contributed by atoms with van der Waals surface area (Å²) in [7, 11) is 0. The van der Waals surface area contributed by atoms with Crippen molar-refractivity contribution in [2.24, 2.45) is 0 Å². The molecule has 0 radical (unpaired) electrons. The third-order valence-electron chi connectivity index (χ3n) is 8.93. The molecule has 0 amide bonds. The largest absolute Gasteiger partial charge is 0.463 e. The van der Waals surface area contributed by atoms with Crippen LogP contribution in [0.4, 0.5) is 0 Å². The molecular weight excluding hydrogens is 480 g/mol. The van der Waals surface area contributed by atoms with Crippen molar-refractivity contribution < 1.29 is 14.6 Å². The lowest BCUT2D eigenvalue weighted by Crippen LogP contribution is -2.26. The normalized spacial score (nSPS) is 15.7. The smallest absolute Gasteiger partial charge is 0.293 e. The second kappa shape index (κ2) is 12.8. The molecule has 4 rings (SSSR count). The molecule has 1 N–H and O–H groups in total. The van der Waals surface area contributed by atoms with E-state index in [1.165, 1.54) is 46.2 Å². The van der Waals surface area contributed by atoms with Crippen molar-refractivity contribution in [3.63, 3.8) is 0 Å². The third-order valence-corrected chi connectivity index (χ3v) is 8.93. The lowest BCUT2D eigenvalue weighted by Gasteiger charge is -2.34. The number of benzene rings is 3. The van der Waals surface area contributed by atoms with Crippen LogP contribution in [0.2, 0.25) is 0 Å². The Morgan fingerprint density at radius 2 is 1.46 bits per heavy atom. The second-order valence-electron chi connectivity index (χ2n) is 11.3. The average Bonchev–Trinajstić information content (AvgIpc) is 3.17. The number of carbonyl (C=O) groups excluding carboxylic acids is 1. The van der Waals surface area contributed by atoms with Crippen LogP contribution in [-0.4, -0.2) is 17.2 Å². The summed E-state index contributed by atoms with van der Waals surface area (Å²) in [5.74, 6) is 0. The first-order chi connectivity index (χ1) is 18.8. The first kappa shape index (κ1) is 28.8. The lowest BCUT2D eigenvalue weighted by atomic mass is 9.69. The quantitative estimate of drug-likeness (QED) is 0.213. The second-order valence-corrected chi connectivity index (χ2v) is 11.3. The zero-order chi connectivity index (χ0) is 27.9. The Bertz CT molecular complexity index is 1270. The van der Waals surface area contributed by atoms with Gasteiger partial charge in [-0.3, -0.25) is 4.79 Å². The molecule has 1 fully saturated rings. The fourth-order valence-electron chi connectivity index (χ4n) is 6.34. The van der Waals surface area contributed by atoms with Crippen LogP contribution in [0.3, 0.4) is 0 Å². The van der Waals surface area contributed by atoms with Crippen LogP contribution in [0, 0.1) is 13.8 Å². The zero-order valence-corrected chi connectivity index (χ0v) is 24.1. The molecule has 0 heterocycles. The summed E-state index contributed by atoms with van der Waals surface area (Å²) in [6, 6.07) is 22.0. The molecule has 1 saturated carbocycles. The van der Waals surface area contributed by atoms with Gasteiger partial charge in [-0.15, -0.1) is 0 Å². The fraction of sp³-hybridized carbons (Fsp3) is 0.417. The van der Waals surface area contributed by atoms with Crippen molar-refractivity contribution in [1.29, 1.82) is 0 Å². The highest BCUT2D eigenvalue weighted by molar-refractivity contribution is 5.68. The maximum absolute atomic E-state index is 11.1. The van der Waals surface area contributed by atoms with E-state index in [1.807, 2.05) is 12.1 Å². The Labute approximate surface area is 234 Å². The molecule has 206 valence electrons. The van der Waals surface area contributed by atoms with Crippen molar-refractivity contribution in [2.75, 3.05) is 0 Å². The highest BCUT2D eigenvalue weighted by Gasteiger charge is 2.31. The van der Waals surface area contributed by atoms with Gasteiger partial charge in [0.2, 0.25) is 0 Å². The molecule has 3 aromatic carbocycles. The SMILES string of the molecule is CCC(CC)(c1ccc(C=CC2(O)CCCCCC2)c(C)c1)c1ccc(-c2ccc(COC=O)cc2)c(C)c1. The highest BCUT2D eigenvalue weighted by Crippen LogP contribution is 2.41. The monoisotopic (exact) mass is 524 g/mol. The summed E-state index contributed by atoms with van der Waals surface area (Å²) in [6.45, 7) is 9.74. The molecule has 1 aliphatic carbocycles. The number of rotatable bonds is 10. The van der Waals surface area contributed by atoms with Gasteiger partial charge in [0.15, 0.2) is 0 Å². The van der Waals surface area contributed by atoms with Crippen LogP contribution in [0.5, 0.6) is 0 Å². The summed E-state index contributed by atoms with van der Waals surface area (Å²) in [5.41, 5.74) is 9.02. The van der Waals surface area contributed by atoms with E-state index in [4.69, 9.17) is 4.74 Å². The topological polar surface area (TPSA) is 46.5 Å². The number of ether oxygens (including phenoxy) is 1. The number of carbonyl (C=O) groups is 1. The van der Waals surface area contributed by atoms with Crippen molar-refractivity contribution in [3.8, 4) is 11.1 Å². The Balaban J connectivity index is 1.61. The summed E-state index contributed by atoms with van der Waals surface area (Å²) >= 11 is 0. The van der Waals surface area contributed by atoms with Gasteiger partial charge in [0.25, 0.3) is 6.47 Å². The highest BCUT2D eigenvalue weighted by atomic mass is 16.5. The Kier molecular flexibility index (Phi) is 9.45. The molecule has 0 spiro atoms. The van der Waals surface area contributed by atoms with Crippen molar-refractivity contribution in [2.45, 2.75) is 96.7 Å². The molecule has 39 heavy (non-hydrogen) atoms. The Hall–Kier alpha value is -3.17. The van der Waals surface area contributed by atoms with Gasteiger partial charge in [-0.05, 0) is 84.0 Å². The maximum atomic E-state index is 11.1. The molecular formula is C36H44O3. The van der Waals surface area contributed by atoms with Crippen LogP contribution in [0.1, 0.15) is 98.6 Å². The molecule has 3 nitrogen and oxygen atoms in total. The van der Waals surface area contributed by atoms with Crippen LogP contribution >= 0.6 is 0 Å². The molecule has 0 aromatic heterocycles. The predicted octanol–water partition coefficient (Wildman–Crippen LogP) is 8.85. The van der Waals surface area contributed by atoms with Crippen LogP contribution in [0.15, 0.2) is 66.7 Å². The van der Waals surface area contributed by atoms with Crippen molar-refractivity contribution in [1.82, 2.24) is 0 Å². The molecule has 0 atom stereocenters. The Morgan fingerprint density at radius 1 is 0.846 bits per heavy atom. The van der Waals surface area contributed by atoms with Gasteiger partial charge < -0.3 is 9.84 Å². The van der Waals surface area contributed by atoms with Gasteiger partial charge in [-0.1, -0.05) is 112 Å². The minimum absolute atomic E-state index is 0.0637. The molecule has 1 aliphatic rings. The van der Waals surface area contributed by atoms with E-state index in [0.717, 1.165) is 49.7 Å². The summed E-state index contributed by atoms with van der Waals surface area (Å²) < 4.78 is 4.88. The molecule has 3 heteroatoms. The standard InChI is InChI=1S/C36H44O3/c1-5-36(6-2,32-16-15-30(27(3)23-32)19-22-35(38)20-9-7-8-10-21-35)33-17-18-34(28(4)24-33)31-13-11-29(12-14-31)25-39-26-37/h11-19,22-24,26,38H,5-10,20-21,25H2,1-4H3. The van der Waals surface area contributed by atoms with E-state index in [9.17, 15) is 9.90 Å². The van der Waals surface area contributed by atoms with E-state index in [1.54, 1.807) is 0 Å². The van der Waals surface area contributed by atoms with E-state index in [-0.39, 0.29) is 5.41 Å². The van der Waals surface area contributed by atoms with Crippen LogP contribution in [0.25, 0.3) is 17.2 Å². The van der Waals surface area contributed by atoms with E-state index in [2.05, 4.69) is 88.4 Å². The minimum Gasteiger partial charge on any atom is -0.463 e. The molecule has 0 saturated heterocycles. The van der Waals surface area contributed by atoms with Gasteiger partial charge >= 0.3 is 0 Å². The van der Waals surface area contributed by atoms with Gasteiger partial charge in [-0.2, -0.15) is 0 Å². The van der Waals surface area contributed by atoms with E-state index < -0.39 is 5.60 Å². The summed E-state index contributed by atoms with van der Waals surface area (Å²) in [6.07, 6.45) is 12.6. The fourth-order valence-corrected chi connectivity index (χ4v) is 6.34. The van der Waals surface area contributed by atoms with Gasteiger partial charge in [0, 0.05) is 5.41 Å². The van der Waals surface area contributed by atoms with Crippen molar-refractivity contribution in [3.05, 3.63) is 100 Å². The molecule has 3 aromatic rings. The Morgan fingerprint density at radius 3 is 2.03 bits per heavy atom. The van der Waals surface area contributed by atoms with Crippen molar-refractivity contribution >= 4 is 12.5 Å². The van der Waals surface area contributed by atoms with Crippen LogP contribution < -0.4 is 0 Å².